The molecule has 276 valence electrons. The maximum atomic E-state index is 14.4. The van der Waals surface area contributed by atoms with Crippen molar-refractivity contribution in [1.29, 1.82) is 0 Å². The molecule has 47 heavy (non-hydrogen) atoms. The van der Waals surface area contributed by atoms with Crippen LogP contribution in [0.4, 0.5) is 0 Å². The molecule has 0 aromatic heterocycles. The maximum Gasteiger partial charge on any atom is 0.233 e. The minimum absolute atomic E-state index is 0.0282. The lowest BCUT2D eigenvalue weighted by molar-refractivity contribution is -0.157. The van der Waals surface area contributed by atoms with Crippen LogP contribution in [0.25, 0.3) is 0 Å². The summed E-state index contributed by atoms with van der Waals surface area (Å²) in [4.78, 5) is 52.8. The highest BCUT2D eigenvalue weighted by molar-refractivity contribution is 5.84. The number of nitrogens with one attached hydrogen (secondary N) is 3. The molecule has 10 heteroatoms. The lowest BCUT2D eigenvalue weighted by atomic mass is 9.46. The second-order valence-corrected chi connectivity index (χ2v) is 17.8. The molecule has 0 spiro atoms. The Hall–Kier alpha value is -2.20. The van der Waals surface area contributed by atoms with Gasteiger partial charge in [0.1, 0.15) is 0 Å². The summed E-state index contributed by atoms with van der Waals surface area (Å²) in [5.41, 5.74) is 13.6. The molecule has 10 nitrogen and oxygen atoms in total. The molecule has 9 N–H and O–H groups in total. The highest BCUT2D eigenvalue weighted by Gasteiger charge is 2.59. The van der Waals surface area contributed by atoms with Crippen LogP contribution in [0.5, 0.6) is 0 Å². The maximum absolute atomic E-state index is 14.4. The Kier molecular flexibility index (Phi) is 16.6. The lowest BCUT2D eigenvalue weighted by Gasteiger charge is -2.57. The third-order valence-corrected chi connectivity index (χ3v) is 11.9. The van der Waals surface area contributed by atoms with Gasteiger partial charge in [-0.2, -0.15) is 0 Å². The Bertz CT molecular complexity index is 1040. The second-order valence-electron chi connectivity index (χ2n) is 17.8. The normalized spacial score (nSPS) is 15.9. The van der Waals surface area contributed by atoms with E-state index in [0.29, 0.717) is 39.0 Å². The van der Waals surface area contributed by atoms with Crippen molar-refractivity contribution in [1.82, 2.24) is 16.0 Å². The van der Waals surface area contributed by atoms with Gasteiger partial charge in [0, 0.05) is 38.0 Å². The molecule has 0 heterocycles. The molecule has 0 bridgehead atoms. The molecule has 0 aromatic rings. The molecule has 0 fully saturated rings. The van der Waals surface area contributed by atoms with E-state index in [1.807, 2.05) is 27.7 Å². The van der Waals surface area contributed by atoms with Crippen LogP contribution in [0.15, 0.2) is 0 Å². The average molecular weight is 667 g/mol. The van der Waals surface area contributed by atoms with Crippen LogP contribution in [0.3, 0.4) is 0 Å². The molecule has 4 amide bonds. The predicted molar refractivity (Wildman–Crippen MR) is 194 cm³/mol. The first kappa shape index (κ1) is 44.8. The van der Waals surface area contributed by atoms with Crippen molar-refractivity contribution >= 4 is 23.6 Å². The molecule has 0 saturated carbocycles. The predicted octanol–water partition coefficient (Wildman–Crippen LogP) is 4.73. The van der Waals surface area contributed by atoms with Crippen molar-refractivity contribution in [2.75, 3.05) is 32.7 Å². The number of nitrogens with two attached hydrogens (primary N) is 3. The first-order valence-electron chi connectivity index (χ1n) is 17.7. The van der Waals surface area contributed by atoms with E-state index in [9.17, 15) is 19.2 Å². The number of unbranched alkanes of at least 4 members (excludes halogenated alkanes) is 2. The first-order valence-corrected chi connectivity index (χ1v) is 17.7. The van der Waals surface area contributed by atoms with Gasteiger partial charge in [-0.15, -0.1) is 0 Å². The summed E-state index contributed by atoms with van der Waals surface area (Å²) in [7, 11) is 0. The zero-order chi connectivity index (χ0) is 37.2. The van der Waals surface area contributed by atoms with Crippen LogP contribution in [0.1, 0.15) is 129 Å². The van der Waals surface area contributed by atoms with Crippen molar-refractivity contribution in [3.63, 3.8) is 0 Å². The highest BCUT2D eigenvalue weighted by atomic mass is 16.2. The molecule has 0 saturated heterocycles. The van der Waals surface area contributed by atoms with E-state index in [2.05, 4.69) is 85.2 Å². The number of primary amides is 1. The molecule has 0 aliphatic heterocycles. The minimum Gasteiger partial charge on any atom is -0.369 e. The van der Waals surface area contributed by atoms with Crippen molar-refractivity contribution < 1.29 is 19.2 Å². The summed E-state index contributed by atoms with van der Waals surface area (Å²) >= 11 is 0. The molecular formula is C37H74N6O4. The van der Waals surface area contributed by atoms with Crippen molar-refractivity contribution in [3.8, 4) is 0 Å². The van der Waals surface area contributed by atoms with Crippen LogP contribution in [-0.4, -0.2) is 56.4 Å². The van der Waals surface area contributed by atoms with Gasteiger partial charge >= 0.3 is 0 Å². The molecule has 0 aliphatic carbocycles. The van der Waals surface area contributed by atoms with E-state index in [0.717, 1.165) is 19.3 Å². The second kappa shape index (κ2) is 17.5. The van der Waals surface area contributed by atoms with Gasteiger partial charge in [-0.05, 0) is 65.1 Å². The fourth-order valence-electron chi connectivity index (χ4n) is 7.76. The molecule has 0 radical (unpaired) electrons. The van der Waals surface area contributed by atoms with Gasteiger partial charge in [0.15, 0.2) is 0 Å². The Morgan fingerprint density at radius 1 is 0.660 bits per heavy atom. The summed E-state index contributed by atoms with van der Waals surface area (Å²) in [5.74, 6) is -1.40. The van der Waals surface area contributed by atoms with E-state index < -0.39 is 44.3 Å². The van der Waals surface area contributed by atoms with E-state index in [4.69, 9.17) is 17.2 Å². The monoisotopic (exact) mass is 667 g/mol. The Labute approximate surface area is 287 Å². The van der Waals surface area contributed by atoms with Gasteiger partial charge < -0.3 is 33.2 Å². The lowest BCUT2D eigenvalue weighted by Crippen LogP contribution is -2.59. The van der Waals surface area contributed by atoms with Crippen molar-refractivity contribution in [2.45, 2.75) is 129 Å². The van der Waals surface area contributed by atoms with Crippen LogP contribution < -0.4 is 33.2 Å². The SMILES string of the molecule is CC(C)CC(C)(C(=O)NCCN)C(C)(C)C(C)(C)CC(C(=O)NCCCCCNC(=O)CN)C(C)(C)C(C)(C)C(C(N)=O)C(C)(C)C. The van der Waals surface area contributed by atoms with Crippen LogP contribution in [0, 0.1) is 50.2 Å². The molecule has 0 aromatic carbocycles. The number of carbonyl (C=O) groups is 4. The largest absolute Gasteiger partial charge is 0.369 e. The molecule has 0 rings (SSSR count). The zero-order valence-electron chi connectivity index (χ0n) is 32.7. The smallest absolute Gasteiger partial charge is 0.233 e. The van der Waals surface area contributed by atoms with Crippen LogP contribution >= 0.6 is 0 Å². The fraction of sp³-hybridized carbons (Fsp3) is 0.892. The third kappa shape index (κ3) is 11.2. The van der Waals surface area contributed by atoms with Crippen LogP contribution in [-0.2, 0) is 19.2 Å². The van der Waals surface area contributed by atoms with Gasteiger partial charge in [0.2, 0.25) is 23.6 Å². The van der Waals surface area contributed by atoms with Crippen LogP contribution in [0.2, 0.25) is 0 Å². The minimum atomic E-state index is -0.749. The highest BCUT2D eigenvalue weighted by Crippen LogP contribution is 2.61. The summed E-state index contributed by atoms with van der Waals surface area (Å²) < 4.78 is 0. The first-order chi connectivity index (χ1) is 21.2. The Morgan fingerprint density at radius 3 is 1.60 bits per heavy atom. The number of amides is 4. The van der Waals surface area contributed by atoms with E-state index in [1.54, 1.807) is 0 Å². The molecular weight excluding hydrogens is 592 g/mol. The summed E-state index contributed by atoms with van der Waals surface area (Å²) in [6.07, 6.45) is 3.54. The van der Waals surface area contributed by atoms with Gasteiger partial charge in [0.05, 0.1) is 12.0 Å². The average Bonchev–Trinajstić information content (AvgIpc) is 2.91. The number of hydrogen-bond donors (Lipinski definition) is 6. The van der Waals surface area contributed by atoms with E-state index >= 15 is 0 Å². The molecule has 3 atom stereocenters. The van der Waals surface area contributed by atoms with Gasteiger partial charge in [-0.3, -0.25) is 19.2 Å². The van der Waals surface area contributed by atoms with Crippen molar-refractivity contribution in [3.05, 3.63) is 0 Å². The molecule has 0 aliphatic rings. The van der Waals surface area contributed by atoms with E-state index in [1.165, 1.54) is 0 Å². The standard InChI is InChI=1S/C37H74N6O4/c1-25(2)22-37(14,31(47)43-21-18-38)36(12,13)33(6,7)23-26(30(46)42-20-17-15-16-19-41-27(44)24-39)34(8,9)35(10,11)28(29(40)45)32(3,4)5/h25-26,28H,15-24,38-39H2,1-14H3,(H2,40,45)(H,41,44)(H,42,46)(H,43,47). The van der Waals surface area contributed by atoms with Gasteiger partial charge in [-0.25, -0.2) is 0 Å². The quantitative estimate of drug-likeness (QED) is 0.0963. The Balaban J connectivity index is 6.77. The van der Waals surface area contributed by atoms with Gasteiger partial charge in [0.25, 0.3) is 0 Å². The summed E-state index contributed by atoms with van der Waals surface area (Å²) in [6, 6.07) is 0. The molecule has 3 unspecified atom stereocenters. The number of rotatable bonds is 21. The van der Waals surface area contributed by atoms with Crippen molar-refractivity contribution in [2.24, 2.45) is 67.4 Å². The number of hydrogen-bond acceptors (Lipinski definition) is 6. The fourth-order valence-corrected chi connectivity index (χ4v) is 7.76. The zero-order valence-corrected chi connectivity index (χ0v) is 32.7. The van der Waals surface area contributed by atoms with Gasteiger partial charge in [-0.1, -0.05) is 96.9 Å². The summed E-state index contributed by atoms with van der Waals surface area (Å²) in [5, 5.41) is 9.06. The summed E-state index contributed by atoms with van der Waals surface area (Å²) in [6.45, 7) is 31.1. The topological polar surface area (TPSA) is 182 Å². The number of carbonyl (C=O) groups excluding carboxylic acids is 4. The third-order valence-electron chi connectivity index (χ3n) is 11.9. The van der Waals surface area contributed by atoms with E-state index in [-0.39, 0.29) is 36.1 Å². The Morgan fingerprint density at radius 2 is 1.17 bits per heavy atom.